The van der Waals surface area contributed by atoms with Crippen LogP contribution in [0.15, 0.2) is 231 Å². The summed E-state index contributed by atoms with van der Waals surface area (Å²) in [6.07, 6.45) is 6.29. The molecule has 7 aromatic carbocycles. The van der Waals surface area contributed by atoms with Crippen molar-refractivity contribution in [2.45, 2.75) is 21.8 Å². The summed E-state index contributed by atoms with van der Waals surface area (Å²) >= 11 is 0. The van der Waals surface area contributed by atoms with E-state index in [0.717, 1.165) is 84.0 Å². The molecule has 0 fully saturated rings. The van der Waals surface area contributed by atoms with Gasteiger partial charge >= 0.3 is 0 Å². The zero-order valence-corrected chi connectivity index (χ0v) is 37.5. The molecule has 4 unspecified atom stereocenters. The molecule has 16 bridgehead atoms. The summed E-state index contributed by atoms with van der Waals surface area (Å²) in [6.45, 7) is 0. The maximum absolute atomic E-state index is 6.01. The Morgan fingerprint density at radius 3 is 1.18 bits per heavy atom. The number of hydrogen-bond acceptors (Lipinski definition) is 2. The Morgan fingerprint density at radius 1 is 0.292 bits per heavy atom. The molecule has 1 radical (unpaired) electrons. The van der Waals surface area contributed by atoms with E-state index in [-0.39, 0.29) is 20.1 Å². The van der Waals surface area contributed by atoms with E-state index in [1.807, 2.05) is 0 Å². The molecule has 0 aliphatic carbocycles. The third-order valence-electron chi connectivity index (χ3n) is 14.1. The van der Waals surface area contributed by atoms with E-state index in [0.29, 0.717) is 0 Å². The molecule has 14 rings (SSSR count). The molecule has 0 amide bonds. The van der Waals surface area contributed by atoms with E-state index in [1.165, 1.54) is 0 Å². The van der Waals surface area contributed by atoms with Gasteiger partial charge in [-0.15, -0.1) is 33.9 Å². The third-order valence-corrected chi connectivity index (χ3v) is 14.1. The molecule has 0 spiro atoms. The zero-order chi connectivity index (χ0) is 42.4. The first-order valence-corrected chi connectivity index (χ1v) is 21.9. The van der Waals surface area contributed by atoms with Crippen molar-refractivity contribution in [3.63, 3.8) is 0 Å². The van der Waals surface area contributed by atoms with Crippen molar-refractivity contribution in [3.05, 3.63) is 339 Å². The standard InChI is InChI=1S/C61H38N3.Ir/c1-5-19-43(20-6-1)58-47-27-13-29-49(39-47)59(44-21-7-2-8-22-44)50-30-15-32-52(41-50)61(46-25-11-4-12-26-46,64-38-18-33-53(58)42-64)57-37-17-36-56(63-57)60(45-23-9-3-10-24-45,51-31-14-28-48(58)40-51)55-35-16-34-54(59)62-55;/h1-38H;/q-3;. The fourth-order valence-corrected chi connectivity index (χ4v) is 11.5. The van der Waals surface area contributed by atoms with Crippen LogP contribution < -0.4 is 4.57 Å². The first kappa shape index (κ1) is 39.2. The summed E-state index contributed by atoms with van der Waals surface area (Å²) in [7, 11) is 0. The molecule has 0 saturated carbocycles. The molecule has 4 aliphatic heterocycles. The molecule has 4 atom stereocenters. The first-order chi connectivity index (χ1) is 31.7. The Bertz CT molecular complexity index is 2740. The van der Waals surface area contributed by atoms with Gasteiger partial charge in [-0.3, -0.25) is 9.55 Å². The molecule has 10 aromatic rings. The van der Waals surface area contributed by atoms with Crippen molar-refractivity contribution in [2.75, 3.05) is 0 Å². The molecule has 65 heavy (non-hydrogen) atoms. The van der Waals surface area contributed by atoms with E-state index in [9.17, 15) is 0 Å². The van der Waals surface area contributed by atoms with Gasteiger partial charge in [-0.05, 0) is 41.0 Å². The fraction of sp³-hybridized carbons (Fsp3) is 0.0656. The Hall–Kier alpha value is -7.36. The quantitative estimate of drug-likeness (QED) is 0.130. The number of hydrogen-bond donors (Lipinski definition) is 0. The van der Waals surface area contributed by atoms with Crippen molar-refractivity contribution in [1.29, 1.82) is 0 Å². The SMILES string of the molecule is [Ir].[c-]1c2cccc1C1(c3ccccc3)c3[c-]c(ccc3)C3(c4ccccc4)c4cccc(n4)C(c4ccccc4)(c4[c-]c(ccc4)C2(c2ccccc2)c2[c-][n+]3ccc2)c2cccc1n2. The summed E-state index contributed by atoms with van der Waals surface area (Å²) < 4.78 is 2.27. The predicted octanol–water partition coefficient (Wildman–Crippen LogP) is 10.9. The second-order valence-corrected chi connectivity index (χ2v) is 17.1. The van der Waals surface area contributed by atoms with E-state index in [4.69, 9.17) is 9.97 Å². The van der Waals surface area contributed by atoms with Gasteiger partial charge in [0.2, 0.25) is 5.54 Å². The van der Waals surface area contributed by atoms with E-state index < -0.39 is 21.8 Å². The van der Waals surface area contributed by atoms with Crippen LogP contribution in [-0.4, -0.2) is 9.97 Å². The third kappa shape index (κ3) is 5.18. The van der Waals surface area contributed by atoms with Crippen LogP contribution >= 0.6 is 0 Å². The fourth-order valence-electron chi connectivity index (χ4n) is 11.5. The van der Waals surface area contributed by atoms with Gasteiger partial charge in [-0.1, -0.05) is 145 Å². The minimum absolute atomic E-state index is 0. The zero-order valence-electron chi connectivity index (χ0n) is 35.1. The minimum Gasteiger partial charge on any atom is -0.294 e. The van der Waals surface area contributed by atoms with Crippen molar-refractivity contribution < 1.29 is 24.7 Å². The maximum Gasteiger partial charge on any atom is 0.217 e. The van der Waals surface area contributed by atoms with Crippen LogP contribution in [0.4, 0.5) is 0 Å². The predicted molar refractivity (Wildman–Crippen MR) is 248 cm³/mol. The summed E-state index contributed by atoms with van der Waals surface area (Å²) in [5.41, 5.74) is 10.1. The van der Waals surface area contributed by atoms with E-state index in [2.05, 4.69) is 260 Å². The topological polar surface area (TPSA) is 29.7 Å². The number of nitrogens with zero attached hydrogens (tertiary/aromatic N) is 3. The van der Waals surface area contributed by atoms with E-state index >= 15 is 0 Å². The first-order valence-electron chi connectivity index (χ1n) is 21.9. The van der Waals surface area contributed by atoms with Gasteiger partial charge in [0.25, 0.3) is 0 Å². The number of pyridine rings is 3. The van der Waals surface area contributed by atoms with Gasteiger partial charge in [0.15, 0.2) is 0 Å². The molecule has 0 N–H and O–H groups in total. The molecule has 3 aromatic heterocycles. The monoisotopic (exact) mass is 1010 g/mol. The van der Waals surface area contributed by atoms with Crippen LogP contribution in [-0.2, 0) is 41.9 Å². The van der Waals surface area contributed by atoms with Gasteiger partial charge in [-0.25, -0.2) is 4.98 Å². The molecule has 4 aliphatic rings. The Morgan fingerprint density at radius 2 is 0.646 bits per heavy atom. The molecular formula is C61H38IrN3-3. The average molecular weight is 1010 g/mol. The van der Waals surface area contributed by atoms with Gasteiger partial charge in [0, 0.05) is 36.5 Å². The summed E-state index contributed by atoms with van der Waals surface area (Å²) in [5, 5.41) is 0. The largest absolute Gasteiger partial charge is 0.294 e. The van der Waals surface area contributed by atoms with Crippen molar-refractivity contribution in [3.8, 4) is 0 Å². The molecule has 7 heterocycles. The van der Waals surface area contributed by atoms with Crippen LogP contribution in [0.25, 0.3) is 0 Å². The summed E-state index contributed by atoms with van der Waals surface area (Å²) in [4.78, 5) is 12.0. The molecule has 0 saturated heterocycles. The van der Waals surface area contributed by atoms with Crippen molar-refractivity contribution in [2.24, 2.45) is 0 Å². The van der Waals surface area contributed by atoms with Crippen LogP contribution in [0.2, 0.25) is 0 Å². The van der Waals surface area contributed by atoms with Gasteiger partial charge in [0.05, 0.1) is 28.7 Å². The van der Waals surface area contributed by atoms with Gasteiger partial charge in [-0.2, -0.15) is 78.9 Å². The van der Waals surface area contributed by atoms with E-state index in [1.54, 1.807) is 0 Å². The molecule has 3 nitrogen and oxygen atoms in total. The van der Waals surface area contributed by atoms with Crippen LogP contribution in [0.5, 0.6) is 0 Å². The average Bonchev–Trinajstić information content (AvgIpc) is 3.37. The van der Waals surface area contributed by atoms with Crippen LogP contribution in [0.1, 0.15) is 84.0 Å². The smallest absolute Gasteiger partial charge is 0.217 e. The Balaban J connectivity index is 0.00000444. The van der Waals surface area contributed by atoms with Crippen LogP contribution in [0, 0.1) is 24.4 Å². The second-order valence-electron chi connectivity index (χ2n) is 17.1. The van der Waals surface area contributed by atoms with Gasteiger partial charge in [0.1, 0.15) is 11.9 Å². The minimum atomic E-state index is -1.08. The maximum atomic E-state index is 6.01. The van der Waals surface area contributed by atoms with Crippen LogP contribution in [0.3, 0.4) is 0 Å². The molecular weight excluding hydrogens is 967 g/mol. The summed E-state index contributed by atoms with van der Waals surface area (Å²) in [5.74, 6) is 0. The number of rotatable bonds is 4. The molecule has 4 heteroatoms. The second kappa shape index (κ2) is 14.9. The Labute approximate surface area is 393 Å². The Kier molecular flexibility index (Phi) is 8.97. The number of benzene rings is 7. The summed E-state index contributed by atoms with van der Waals surface area (Å²) in [6, 6.07) is 93.3. The van der Waals surface area contributed by atoms with Gasteiger partial charge < -0.3 is 0 Å². The van der Waals surface area contributed by atoms with Crippen molar-refractivity contribution in [1.82, 2.24) is 9.97 Å². The normalized spacial score (nSPS) is 21.7. The number of aromatic nitrogens is 3. The van der Waals surface area contributed by atoms with Crippen molar-refractivity contribution >= 4 is 0 Å². The molecule has 309 valence electrons.